The molecule has 1 N–H and O–H groups in total. The first-order valence-electron chi connectivity index (χ1n) is 7.15. The Morgan fingerprint density at radius 2 is 1.83 bits per heavy atom. The van der Waals surface area contributed by atoms with Gasteiger partial charge in [-0.15, -0.1) is 0 Å². The third-order valence-corrected chi connectivity index (χ3v) is 4.01. The second kappa shape index (κ2) is 5.41. The van der Waals surface area contributed by atoms with Crippen molar-refractivity contribution >= 4 is 28.3 Å². The molecule has 0 fully saturated rings. The summed E-state index contributed by atoms with van der Waals surface area (Å²) >= 11 is 6.05. The number of H-pyrrole nitrogens is 1. The highest BCUT2D eigenvalue weighted by Gasteiger charge is 2.19. The van der Waals surface area contributed by atoms with E-state index in [0.29, 0.717) is 16.3 Å². The molecule has 0 aliphatic heterocycles. The molecule has 0 spiro atoms. The number of aromatic nitrogens is 3. The summed E-state index contributed by atoms with van der Waals surface area (Å²) in [5.74, 6) is -0.136. The molecule has 0 bridgehead atoms. The van der Waals surface area contributed by atoms with Crippen molar-refractivity contribution in [3.63, 3.8) is 0 Å². The second-order valence-electron chi connectivity index (χ2n) is 5.20. The molecule has 4 rings (SSSR count). The van der Waals surface area contributed by atoms with Crippen molar-refractivity contribution < 1.29 is 4.79 Å². The van der Waals surface area contributed by atoms with Gasteiger partial charge in [0.25, 0.3) is 0 Å². The van der Waals surface area contributed by atoms with Crippen LogP contribution in [-0.4, -0.2) is 20.5 Å². The van der Waals surface area contributed by atoms with Crippen molar-refractivity contribution in [1.82, 2.24) is 14.8 Å². The Labute approximate surface area is 137 Å². The minimum absolute atomic E-state index is 0.136. The molecule has 0 aliphatic rings. The molecule has 2 aromatic heterocycles. The SMILES string of the molecule is O=C(c1ccccc1-n1cccc1)c1n[nH]c2ccc(Cl)cc12. The van der Waals surface area contributed by atoms with Crippen LogP contribution in [0.4, 0.5) is 0 Å². The van der Waals surface area contributed by atoms with E-state index in [1.165, 1.54) is 0 Å². The number of benzene rings is 2. The van der Waals surface area contributed by atoms with Gasteiger partial charge < -0.3 is 4.57 Å². The molecule has 0 unspecified atom stereocenters. The van der Waals surface area contributed by atoms with E-state index in [1.54, 1.807) is 12.1 Å². The number of carbonyl (C=O) groups excluding carboxylic acids is 1. The van der Waals surface area contributed by atoms with Crippen LogP contribution in [0, 0.1) is 0 Å². The summed E-state index contributed by atoms with van der Waals surface area (Å²) in [6, 6.07) is 16.7. The number of aromatic amines is 1. The Kier molecular flexibility index (Phi) is 3.24. The number of hydrogen-bond acceptors (Lipinski definition) is 2. The minimum Gasteiger partial charge on any atom is -0.323 e. The van der Waals surface area contributed by atoms with Crippen LogP contribution < -0.4 is 0 Å². The highest BCUT2D eigenvalue weighted by Crippen LogP contribution is 2.25. The van der Waals surface area contributed by atoms with Gasteiger partial charge >= 0.3 is 0 Å². The summed E-state index contributed by atoms with van der Waals surface area (Å²) in [6.45, 7) is 0. The van der Waals surface area contributed by atoms with Crippen molar-refractivity contribution in [3.05, 3.63) is 83.3 Å². The zero-order valence-electron chi connectivity index (χ0n) is 12.0. The standard InChI is InChI=1S/C18H12ClN3O/c19-12-7-8-15-14(11-12)17(21-20-15)18(23)13-5-1-2-6-16(13)22-9-3-4-10-22/h1-11H,(H,20,21). The summed E-state index contributed by atoms with van der Waals surface area (Å²) < 4.78 is 1.91. The topological polar surface area (TPSA) is 50.7 Å². The molecule has 4 aromatic rings. The number of para-hydroxylation sites is 1. The highest BCUT2D eigenvalue weighted by molar-refractivity contribution is 6.31. The van der Waals surface area contributed by atoms with Crippen molar-refractivity contribution in [1.29, 1.82) is 0 Å². The molecule has 23 heavy (non-hydrogen) atoms. The van der Waals surface area contributed by atoms with Gasteiger partial charge in [0.15, 0.2) is 0 Å². The maximum Gasteiger partial charge on any atom is 0.215 e. The predicted molar refractivity (Wildman–Crippen MR) is 90.3 cm³/mol. The van der Waals surface area contributed by atoms with Gasteiger partial charge in [0.05, 0.1) is 11.2 Å². The lowest BCUT2D eigenvalue weighted by molar-refractivity contribution is 0.103. The number of fused-ring (bicyclic) bond motifs is 1. The monoisotopic (exact) mass is 321 g/mol. The van der Waals surface area contributed by atoms with Gasteiger partial charge in [0, 0.05) is 28.4 Å². The Morgan fingerprint density at radius 3 is 2.65 bits per heavy atom. The number of nitrogens with one attached hydrogen (secondary N) is 1. The van der Waals surface area contributed by atoms with Crippen LogP contribution in [-0.2, 0) is 0 Å². The van der Waals surface area contributed by atoms with Crippen LogP contribution in [0.1, 0.15) is 16.1 Å². The summed E-state index contributed by atoms with van der Waals surface area (Å²) in [5.41, 5.74) is 2.58. The summed E-state index contributed by atoms with van der Waals surface area (Å²) in [4.78, 5) is 13.0. The quantitative estimate of drug-likeness (QED) is 0.574. The van der Waals surface area contributed by atoms with E-state index in [9.17, 15) is 4.79 Å². The Bertz CT molecular complexity index is 1000. The van der Waals surface area contributed by atoms with Gasteiger partial charge in [-0.3, -0.25) is 9.89 Å². The molecule has 0 amide bonds. The molecular formula is C18H12ClN3O. The number of halogens is 1. The number of nitrogens with zero attached hydrogens (tertiary/aromatic N) is 2. The van der Waals surface area contributed by atoms with Crippen molar-refractivity contribution in [2.75, 3.05) is 0 Å². The van der Waals surface area contributed by atoms with E-state index in [1.807, 2.05) is 59.4 Å². The molecular weight excluding hydrogens is 310 g/mol. The number of carbonyl (C=O) groups is 1. The summed E-state index contributed by atoms with van der Waals surface area (Å²) in [5, 5.41) is 8.38. The smallest absolute Gasteiger partial charge is 0.215 e. The minimum atomic E-state index is -0.136. The van der Waals surface area contributed by atoms with E-state index >= 15 is 0 Å². The van der Waals surface area contributed by atoms with Crippen molar-refractivity contribution in [2.45, 2.75) is 0 Å². The van der Waals surface area contributed by atoms with Crippen LogP contribution in [0.3, 0.4) is 0 Å². The van der Waals surface area contributed by atoms with E-state index in [2.05, 4.69) is 10.2 Å². The summed E-state index contributed by atoms with van der Waals surface area (Å²) in [6.07, 6.45) is 3.82. The van der Waals surface area contributed by atoms with Crippen LogP contribution in [0.5, 0.6) is 0 Å². The van der Waals surface area contributed by atoms with Crippen molar-refractivity contribution in [2.24, 2.45) is 0 Å². The zero-order valence-corrected chi connectivity index (χ0v) is 12.8. The van der Waals surface area contributed by atoms with E-state index in [4.69, 9.17) is 11.6 Å². The maximum atomic E-state index is 13.0. The van der Waals surface area contributed by atoms with Gasteiger partial charge in [-0.05, 0) is 42.5 Å². The first-order valence-corrected chi connectivity index (χ1v) is 7.52. The van der Waals surface area contributed by atoms with Gasteiger partial charge in [0.1, 0.15) is 5.69 Å². The Balaban J connectivity index is 1.88. The van der Waals surface area contributed by atoms with Gasteiger partial charge in [-0.25, -0.2) is 0 Å². The lowest BCUT2D eigenvalue weighted by Crippen LogP contribution is -2.07. The van der Waals surface area contributed by atoms with E-state index in [-0.39, 0.29) is 5.78 Å². The molecule has 4 nitrogen and oxygen atoms in total. The number of ketones is 1. The molecule has 5 heteroatoms. The first kappa shape index (κ1) is 13.8. The van der Waals surface area contributed by atoms with Crippen LogP contribution >= 0.6 is 11.6 Å². The lowest BCUT2D eigenvalue weighted by Gasteiger charge is -2.08. The van der Waals surface area contributed by atoms with E-state index < -0.39 is 0 Å². The number of rotatable bonds is 3. The second-order valence-corrected chi connectivity index (χ2v) is 5.64. The fourth-order valence-electron chi connectivity index (χ4n) is 2.67. The van der Waals surface area contributed by atoms with Crippen LogP contribution in [0.25, 0.3) is 16.6 Å². The average molecular weight is 322 g/mol. The van der Waals surface area contributed by atoms with Crippen molar-refractivity contribution in [3.8, 4) is 5.69 Å². The lowest BCUT2D eigenvalue weighted by atomic mass is 10.0. The van der Waals surface area contributed by atoms with Crippen LogP contribution in [0.2, 0.25) is 5.02 Å². The normalized spacial score (nSPS) is 11.0. The molecule has 0 saturated heterocycles. The van der Waals surface area contributed by atoms with Crippen LogP contribution in [0.15, 0.2) is 67.0 Å². The number of hydrogen-bond donors (Lipinski definition) is 1. The fourth-order valence-corrected chi connectivity index (χ4v) is 2.84. The molecule has 112 valence electrons. The molecule has 2 heterocycles. The van der Waals surface area contributed by atoms with E-state index in [0.717, 1.165) is 16.6 Å². The van der Waals surface area contributed by atoms with Gasteiger partial charge in [-0.2, -0.15) is 5.10 Å². The zero-order chi connectivity index (χ0) is 15.8. The maximum absolute atomic E-state index is 13.0. The van der Waals surface area contributed by atoms with Gasteiger partial charge in [0.2, 0.25) is 5.78 Å². The average Bonchev–Trinajstić information content (AvgIpc) is 3.23. The van der Waals surface area contributed by atoms with Gasteiger partial charge in [-0.1, -0.05) is 23.7 Å². The molecule has 0 saturated carbocycles. The third-order valence-electron chi connectivity index (χ3n) is 3.77. The molecule has 2 aromatic carbocycles. The molecule has 0 radical (unpaired) electrons. The highest BCUT2D eigenvalue weighted by atomic mass is 35.5. The third kappa shape index (κ3) is 2.33. The fraction of sp³-hybridized carbons (Fsp3) is 0. The predicted octanol–water partition coefficient (Wildman–Crippen LogP) is 4.24. The first-order chi connectivity index (χ1) is 11.2. The Morgan fingerprint density at radius 1 is 1.04 bits per heavy atom. The molecule has 0 aliphatic carbocycles. The summed E-state index contributed by atoms with van der Waals surface area (Å²) in [7, 11) is 0. The largest absolute Gasteiger partial charge is 0.323 e. The molecule has 0 atom stereocenters. The Hall–Kier alpha value is -2.85.